The maximum absolute atomic E-state index is 12.4. The largest absolute Gasteiger partial charge is 0.331 e. The van der Waals surface area contributed by atoms with Crippen LogP contribution in [0.25, 0.3) is 0 Å². The Labute approximate surface area is 139 Å². The minimum Gasteiger partial charge on any atom is -0.331 e. The molecule has 0 fully saturated rings. The monoisotopic (exact) mass is 337 g/mol. The van der Waals surface area contributed by atoms with Crippen LogP contribution in [-0.4, -0.2) is 23.1 Å². The van der Waals surface area contributed by atoms with Gasteiger partial charge in [0.05, 0.1) is 6.04 Å². The molecule has 1 atom stereocenters. The Morgan fingerprint density at radius 2 is 2.10 bits per heavy atom. The van der Waals surface area contributed by atoms with E-state index in [2.05, 4.69) is 24.1 Å². The molecular formula is C16H16ClNOS2. The van der Waals surface area contributed by atoms with Gasteiger partial charge in [-0.3, -0.25) is 4.79 Å². The molecule has 2 heterocycles. The van der Waals surface area contributed by atoms with Crippen LogP contribution < -0.4 is 0 Å². The van der Waals surface area contributed by atoms with Gasteiger partial charge >= 0.3 is 0 Å². The topological polar surface area (TPSA) is 20.3 Å². The Morgan fingerprint density at radius 1 is 1.33 bits per heavy atom. The average Bonchev–Trinajstić information content (AvgIpc) is 2.96. The fraction of sp³-hybridized carbons (Fsp3) is 0.312. The lowest BCUT2D eigenvalue weighted by Gasteiger charge is -2.36. The fourth-order valence-corrected chi connectivity index (χ4v) is 4.05. The van der Waals surface area contributed by atoms with Crippen LogP contribution in [0.3, 0.4) is 0 Å². The predicted octanol–water partition coefficient (Wildman–Crippen LogP) is 4.20. The van der Waals surface area contributed by atoms with Crippen molar-refractivity contribution in [3.05, 3.63) is 56.7 Å². The van der Waals surface area contributed by atoms with E-state index in [1.54, 1.807) is 11.3 Å². The summed E-state index contributed by atoms with van der Waals surface area (Å²) in [7, 11) is 0. The lowest BCUT2D eigenvalue weighted by molar-refractivity contribution is -0.132. The summed E-state index contributed by atoms with van der Waals surface area (Å²) in [4.78, 5) is 15.8. The number of fused-ring (bicyclic) bond motifs is 1. The minimum atomic E-state index is 0.00431. The van der Waals surface area contributed by atoms with Crippen molar-refractivity contribution in [2.75, 3.05) is 12.3 Å². The smallest absolute Gasteiger partial charge is 0.224 e. The molecule has 0 spiro atoms. The number of carbonyl (C=O) groups excluding carboxylic acids is 1. The Kier molecular flexibility index (Phi) is 4.57. The van der Waals surface area contributed by atoms with Gasteiger partial charge in [0.15, 0.2) is 0 Å². The highest BCUT2D eigenvalue weighted by Crippen LogP contribution is 2.38. The molecule has 21 heavy (non-hydrogen) atoms. The summed E-state index contributed by atoms with van der Waals surface area (Å²) in [6.07, 6.45) is 1.42. The molecule has 1 unspecified atom stereocenters. The van der Waals surface area contributed by atoms with Crippen molar-refractivity contribution in [2.24, 2.45) is 0 Å². The Hall–Kier alpha value is -0.970. The lowest BCUT2D eigenvalue weighted by atomic mass is 9.93. The third-order valence-electron chi connectivity index (χ3n) is 3.80. The second kappa shape index (κ2) is 6.42. The highest BCUT2D eigenvalue weighted by Gasteiger charge is 2.32. The van der Waals surface area contributed by atoms with Crippen molar-refractivity contribution in [3.63, 3.8) is 0 Å². The zero-order valence-corrected chi connectivity index (χ0v) is 13.9. The standard InChI is InChI=1S/C16H16ClNOS2/c17-12-3-1-11(2-4-12)16-13-7-10-21-14(13)5-8-18(16)15(19)6-9-20/h1-4,7,10,16,20H,5-6,8-9H2. The molecule has 0 bridgehead atoms. The molecule has 0 aliphatic carbocycles. The molecule has 1 aliphatic heterocycles. The van der Waals surface area contributed by atoms with Crippen LogP contribution in [0, 0.1) is 0 Å². The summed E-state index contributed by atoms with van der Waals surface area (Å²) in [5, 5.41) is 2.83. The molecule has 0 saturated carbocycles. The Bertz CT molecular complexity index is 638. The van der Waals surface area contributed by atoms with E-state index in [1.807, 2.05) is 29.2 Å². The van der Waals surface area contributed by atoms with Gasteiger partial charge in [0.2, 0.25) is 5.91 Å². The highest BCUT2D eigenvalue weighted by molar-refractivity contribution is 7.80. The summed E-state index contributed by atoms with van der Waals surface area (Å²) in [6.45, 7) is 0.771. The van der Waals surface area contributed by atoms with E-state index >= 15 is 0 Å². The van der Waals surface area contributed by atoms with Crippen molar-refractivity contribution in [1.29, 1.82) is 0 Å². The van der Waals surface area contributed by atoms with E-state index in [-0.39, 0.29) is 11.9 Å². The van der Waals surface area contributed by atoms with Gasteiger partial charge in [-0.15, -0.1) is 11.3 Å². The molecule has 0 N–H and O–H groups in total. The first-order valence-electron chi connectivity index (χ1n) is 6.93. The molecule has 110 valence electrons. The van der Waals surface area contributed by atoms with E-state index in [0.29, 0.717) is 17.2 Å². The lowest BCUT2D eigenvalue weighted by Crippen LogP contribution is -2.40. The third kappa shape index (κ3) is 2.98. The van der Waals surface area contributed by atoms with Crippen LogP contribution in [0.2, 0.25) is 5.02 Å². The molecule has 0 radical (unpaired) electrons. The summed E-state index contributed by atoms with van der Waals surface area (Å²) in [5.74, 6) is 0.751. The van der Waals surface area contributed by atoms with Crippen LogP contribution in [0.1, 0.15) is 28.5 Å². The summed E-state index contributed by atoms with van der Waals surface area (Å²) < 4.78 is 0. The number of benzene rings is 1. The van der Waals surface area contributed by atoms with E-state index < -0.39 is 0 Å². The molecule has 1 aromatic heterocycles. The summed E-state index contributed by atoms with van der Waals surface area (Å²) in [5.41, 5.74) is 2.37. The van der Waals surface area contributed by atoms with Crippen LogP contribution >= 0.6 is 35.6 Å². The van der Waals surface area contributed by atoms with Crippen molar-refractivity contribution in [3.8, 4) is 0 Å². The zero-order valence-electron chi connectivity index (χ0n) is 11.5. The fourth-order valence-electron chi connectivity index (χ4n) is 2.83. The first kappa shape index (κ1) is 14.9. The molecular weight excluding hydrogens is 322 g/mol. The van der Waals surface area contributed by atoms with Gasteiger partial charge in [0, 0.05) is 22.9 Å². The van der Waals surface area contributed by atoms with Gasteiger partial charge in [0.1, 0.15) is 0 Å². The van der Waals surface area contributed by atoms with E-state index in [0.717, 1.165) is 18.5 Å². The molecule has 1 aromatic carbocycles. The van der Waals surface area contributed by atoms with E-state index in [9.17, 15) is 4.79 Å². The number of halogens is 1. The maximum atomic E-state index is 12.4. The van der Waals surface area contributed by atoms with Gasteiger partial charge in [-0.05, 0) is 46.9 Å². The van der Waals surface area contributed by atoms with Gasteiger partial charge in [0.25, 0.3) is 0 Å². The predicted molar refractivity (Wildman–Crippen MR) is 91.5 cm³/mol. The molecule has 2 nitrogen and oxygen atoms in total. The van der Waals surface area contributed by atoms with Crippen LogP contribution in [0.5, 0.6) is 0 Å². The molecule has 0 saturated heterocycles. The molecule has 1 amide bonds. The number of thiophene rings is 1. The number of hydrogen-bond donors (Lipinski definition) is 1. The second-order valence-corrected chi connectivity index (χ2v) is 6.95. The second-order valence-electron chi connectivity index (χ2n) is 5.06. The Morgan fingerprint density at radius 3 is 2.81 bits per heavy atom. The molecule has 5 heteroatoms. The van der Waals surface area contributed by atoms with Crippen LogP contribution in [0.15, 0.2) is 35.7 Å². The van der Waals surface area contributed by atoms with Gasteiger partial charge < -0.3 is 4.90 Å². The van der Waals surface area contributed by atoms with Crippen LogP contribution in [-0.2, 0) is 11.2 Å². The van der Waals surface area contributed by atoms with Crippen molar-refractivity contribution in [1.82, 2.24) is 4.90 Å². The normalized spacial score (nSPS) is 17.6. The third-order valence-corrected chi connectivity index (χ3v) is 5.27. The number of amides is 1. The van der Waals surface area contributed by atoms with Crippen LogP contribution in [0.4, 0.5) is 0 Å². The highest BCUT2D eigenvalue weighted by atomic mass is 35.5. The SMILES string of the molecule is O=C(CCS)N1CCc2sccc2C1c1ccc(Cl)cc1. The number of thiol groups is 1. The molecule has 2 aromatic rings. The van der Waals surface area contributed by atoms with Gasteiger partial charge in [-0.2, -0.15) is 12.6 Å². The van der Waals surface area contributed by atoms with Crippen molar-refractivity contribution in [2.45, 2.75) is 18.9 Å². The quantitative estimate of drug-likeness (QED) is 0.832. The number of hydrogen-bond acceptors (Lipinski definition) is 3. The van der Waals surface area contributed by atoms with Gasteiger partial charge in [-0.1, -0.05) is 23.7 Å². The average molecular weight is 338 g/mol. The maximum Gasteiger partial charge on any atom is 0.224 e. The summed E-state index contributed by atoms with van der Waals surface area (Å²) in [6, 6.07) is 9.95. The molecule has 3 rings (SSSR count). The minimum absolute atomic E-state index is 0.00431. The van der Waals surface area contributed by atoms with Crippen molar-refractivity contribution >= 4 is 41.5 Å². The van der Waals surface area contributed by atoms with E-state index in [4.69, 9.17) is 11.6 Å². The zero-order chi connectivity index (χ0) is 14.8. The first-order valence-corrected chi connectivity index (χ1v) is 8.82. The number of rotatable bonds is 3. The van der Waals surface area contributed by atoms with Crippen molar-refractivity contribution < 1.29 is 4.79 Å². The number of carbonyl (C=O) groups is 1. The summed E-state index contributed by atoms with van der Waals surface area (Å²) >= 11 is 12.0. The Balaban J connectivity index is 2.01. The number of nitrogens with zero attached hydrogens (tertiary/aromatic N) is 1. The van der Waals surface area contributed by atoms with E-state index in [1.165, 1.54) is 10.4 Å². The molecule has 1 aliphatic rings. The van der Waals surface area contributed by atoms with Gasteiger partial charge in [-0.25, -0.2) is 0 Å². The first-order chi connectivity index (χ1) is 10.2.